The molecule has 1 aromatic carbocycles. The second-order valence-electron chi connectivity index (χ2n) is 5.30. The fourth-order valence-electron chi connectivity index (χ4n) is 1.95. The average Bonchev–Trinajstić information content (AvgIpc) is 2.50. The third-order valence-electron chi connectivity index (χ3n) is 3.45. The maximum Gasteiger partial charge on any atom is 0.420 e. The molecule has 0 fully saturated rings. The third-order valence-corrected chi connectivity index (χ3v) is 3.45. The minimum atomic E-state index is -5.58. The summed E-state index contributed by atoms with van der Waals surface area (Å²) in [6, 6.07) is 4.68. The highest BCUT2D eigenvalue weighted by Gasteiger charge is 2.68. The van der Waals surface area contributed by atoms with Crippen LogP contribution in [-0.2, 0) is 0 Å². The molecule has 0 radical (unpaired) electrons. The number of hydrazine groups is 1. The third kappa shape index (κ3) is 3.80. The highest BCUT2D eigenvalue weighted by molar-refractivity contribution is 5.63. The Balaban J connectivity index is 2.08. The van der Waals surface area contributed by atoms with Crippen molar-refractivity contribution in [1.82, 2.24) is 10.7 Å². The molecule has 0 unspecified atom stereocenters. The van der Waals surface area contributed by atoms with Gasteiger partial charge in [-0.1, -0.05) is 12.6 Å². The highest BCUT2D eigenvalue weighted by Crippen LogP contribution is 2.43. The van der Waals surface area contributed by atoms with Crippen molar-refractivity contribution in [2.75, 3.05) is 18.6 Å². The number of hydrogen-bond donors (Lipinski definition) is 3. The maximum atomic E-state index is 12.8. The summed E-state index contributed by atoms with van der Waals surface area (Å²) in [5, 5.41) is 1.33. The highest BCUT2D eigenvalue weighted by atomic mass is 19.4. The fourth-order valence-corrected chi connectivity index (χ4v) is 1.95. The van der Waals surface area contributed by atoms with Crippen LogP contribution in [0.25, 0.3) is 0 Å². The fraction of sp³-hybridized carbons (Fsp3) is 0.429. The predicted molar refractivity (Wildman–Crippen MR) is 77.0 cm³/mol. The van der Waals surface area contributed by atoms with Gasteiger partial charge in [0.05, 0.1) is 5.69 Å². The molecule has 0 saturated carbocycles. The molecule has 3 N–H and O–H groups in total. The average molecular weight is 371 g/mol. The van der Waals surface area contributed by atoms with Crippen LogP contribution in [0.4, 0.5) is 32.0 Å². The molecule has 0 spiro atoms. The van der Waals surface area contributed by atoms with Gasteiger partial charge in [-0.2, -0.15) is 26.3 Å². The molecule has 1 aliphatic rings. The van der Waals surface area contributed by atoms with Gasteiger partial charge >= 0.3 is 12.4 Å². The Labute approximate surface area is 138 Å². The van der Waals surface area contributed by atoms with Crippen LogP contribution in [-0.4, -0.2) is 31.1 Å². The zero-order valence-electron chi connectivity index (χ0n) is 12.9. The zero-order valence-corrected chi connectivity index (χ0v) is 12.9. The van der Waals surface area contributed by atoms with Crippen LogP contribution in [0, 0.1) is 0 Å². The lowest BCUT2D eigenvalue weighted by atomic mass is 10.0. The molecule has 25 heavy (non-hydrogen) atoms. The van der Waals surface area contributed by atoms with Crippen molar-refractivity contribution in [3.63, 3.8) is 0 Å². The van der Waals surface area contributed by atoms with Crippen LogP contribution in [0.15, 0.2) is 30.6 Å². The number of alkyl halides is 6. The Bertz CT molecular complexity index is 630. The van der Waals surface area contributed by atoms with Gasteiger partial charge in [0, 0.05) is 0 Å². The Morgan fingerprint density at radius 3 is 2.24 bits per heavy atom. The van der Waals surface area contributed by atoms with Crippen LogP contribution in [0.5, 0.6) is 11.5 Å². The lowest BCUT2D eigenvalue weighted by Crippen LogP contribution is -2.64. The van der Waals surface area contributed by atoms with E-state index >= 15 is 0 Å². The summed E-state index contributed by atoms with van der Waals surface area (Å²) in [6.07, 6.45) is -11.2. The smallest absolute Gasteiger partial charge is 0.420 e. The minimum absolute atomic E-state index is 0.0127. The van der Waals surface area contributed by atoms with Crippen LogP contribution in [0.3, 0.4) is 0 Å². The number of halogens is 6. The lowest BCUT2D eigenvalue weighted by Gasteiger charge is -2.36. The summed E-state index contributed by atoms with van der Waals surface area (Å²) in [7, 11) is 0. The number of anilines is 1. The Morgan fingerprint density at radius 1 is 1.04 bits per heavy atom. The van der Waals surface area contributed by atoms with Gasteiger partial charge < -0.3 is 14.8 Å². The maximum absolute atomic E-state index is 12.8. The van der Waals surface area contributed by atoms with Gasteiger partial charge in [-0.15, -0.1) is 0 Å². The molecule has 0 saturated heterocycles. The molecule has 1 aliphatic heterocycles. The van der Waals surface area contributed by atoms with Crippen molar-refractivity contribution < 1.29 is 35.8 Å². The first-order valence-corrected chi connectivity index (χ1v) is 6.97. The normalized spacial score (nSPS) is 14.7. The van der Waals surface area contributed by atoms with Crippen molar-refractivity contribution in [3.8, 4) is 11.5 Å². The molecular formula is C14H15F6N3O2. The summed E-state index contributed by atoms with van der Waals surface area (Å²) >= 11 is 0. The van der Waals surface area contributed by atoms with Crippen molar-refractivity contribution in [2.24, 2.45) is 0 Å². The second-order valence-corrected chi connectivity index (χ2v) is 5.30. The van der Waals surface area contributed by atoms with E-state index in [0.717, 1.165) is 0 Å². The van der Waals surface area contributed by atoms with E-state index in [9.17, 15) is 26.3 Å². The molecule has 0 aliphatic carbocycles. The number of nitrogens with one attached hydrogen (secondary N) is 3. The van der Waals surface area contributed by atoms with Crippen LogP contribution in [0.2, 0.25) is 0 Å². The van der Waals surface area contributed by atoms with E-state index < -0.39 is 23.7 Å². The first-order valence-electron chi connectivity index (χ1n) is 6.97. The number of fused-ring (bicyclic) bond motifs is 1. The Morgan fingerprint density at radius 2 is 1.64 bits per heavy atom. The Kier molecular flexibility index (Phi) is 4.87. The second kappa shape index (κ2) is 6.45. The first-order chi connectivity index (χ1) is 11.5. The van der Waals surface area contributed by atoms with Gasteiger partial charge in [-0.05, 0) is 19.1 Å². The van der Waals surface area contributed by atoms with E-state index in [-0.39, 0.29) is 25.0 Å². The molecule has 1 aromatic rings. The molecule has 0 atom stereocenters. The van der Waals surface area contributed by atoms with E-state index in [1.807, 2.05) is 0 Å². The standard InChI is InChI=1S/C14H15F6N3O2/c1-8(21-12(2,13(15,16)17)14(18,19)20)22-23-9-4-3-5-10-11(9)25-7-6-24-10/h3-5,21-23H,1,6-7H2,2H3. The molecule has 140 valence electrons. The molecular weight excluding hydrogens is 356 g/mol. The van der Waals surface area contributed by atoms with Gasteiger partial charge in [0.15, 0.2) is 11.5 Å². The monoisotopic (exact) mass is 371 g/mol. The van der Waals surface area contributed by atoms with Gasteiger partial charge in [0.2, 0.25) is 5.54 Å². The van der Waals surface area contributed by atoms with E-state index in [0.29, 0.717) is 12.4 Å². The quantitative estimate of drug-likeness (QED) is 0.548. The van der Waals surface area contributed by atoms with Gasteiger partial charge in [0.25, 0.3) is 0 Å². The molecule has 0 bridgehead atoms. The molecule has 11 heteroatoms. The SMILES string of the molecule is C=C(NNc1cccc2c1OCCO2)NC(C)(C(F)(F)F)C(F)(F)F. The van der Waals surface area contributed by atoms with Crippen molar-refractivity contribution in [3.05, 3.63) is 30.6 Å². The predicted octanol–water partition coefficient (Wildman–Crippen LogP) is 3.32. The topological polar surface area (TPSA) is 54.5 Å². The van der Waals surface area contributed by atoms with Crippen LogP contribution in [0.1, 0.15) is 6.92 Å². The van der Waals surface area contributed by atoms with Gasteiger partial charge in [-0.3, -0.25) is 10.9 Å². The zero-order chi connectivity index (χ0) is 18.9. The van der Waals surface area contributed by atoms with Gasteiger partial charge in [0.1, 0.15) is 19.0 Å². The van der Waals surface area contributed by atoms with E-state index in [2.05, 4.69) is 17.4 Å². The molecule has 2 rings (SSSR count). The molecule has 1 heterocycles. The van der Waals surface area contributed by atoms with E-state index in [4.69, 9.17) is 9.47 Å². The molecule has 0 amide bonds. The Hall–Kier alpha value is -2.46. The van der Waals surface area contributed by atoms with Crippen molar-refractivity contribution >= 4 is 5.69 Å². The lowest BCUT2D eigenvalue weighted by molar-refractivity contribution is -0.299. The van der Waals surface area contributed by atoms with Crippen molar-refractivity contribution in [1.29, 1.82) is 0 Å². The minimum Gasteiger partial charge on any atom is -0.486 e. The van der Waals surface area contributed by atoms with E-state index in [1.165, 1.54) is 11.4 Å². The van der Waals surface area contributed by atoms with Crippen LogP contribution < -0.4 is 25.6 Å². The summed E-state index contributed by atoms with van der Waals surface area (Å²) in [5.74, 6) is -0.0537. The van der Waals surface area contributed by atoms with Crippen LogP contribution >= 0.6 is 0 Å². The largest absolute Gasteiger partial charge is 0.486 e. The van der Waals surface area contributed by atoms with Crippen molar-refractivity contribution in [2.45, 2.75) is 24.8 Å². The molecule has 0 aromatic heterocycles. The summed E-state index contributed by atoms with van der Waals surface area (Å²) in [6.45, 7) is 3.71. The molecule has 5 nitrogen and oxygen atoms in total. The number of rotatable bonds is 5. The number of benzene rings is 1. The summed E-state index contributed by atoms with van der Waals surface area (Å²) in [5.41, 5.74) is 0.704. The van der Waals surface area contributed by atoms with E-state index in [1.54, 1.807) is 12.1 Å². The first kappa shape index (κ1) is 18.9. The number of ether oxygens (including phenoxy) is 2. The van der Waals surface area contributed by atoms with Gasteiger partial charge in [-0.25, -0.2) is 0 Å². The number of hydrogen-bond acceptors (Lipinski definition) is 5. The number of para-hydroxylation sites is 1. The summed E-state index contributed by atoms with van der Waals surface area (Å²) in [4.78, 5) is 0. The summed E-state index contributed by atoms with van der Waals surface area (Å²) < 4.78 is 87.7.